The van der Waals surface area contributed by atoms with Gasteiger partial charge in [-0.05, 0) is 117 Å². The summed E-state index contributed by atoms with van der Waals surface area (Å²) in [4.78, 5) is 83.3. The summed E-state index contributed by atoms with van der Waals surface area (Å²) in [6.45, 7) is 4.20. The van der Waals surface area contributed by atoms with Crippen molar-refractivity contribution in [3.05, 3.63) is 107 Å². The second-order valence-electron chi connectivity index (χ2n) is 15.3. The van der Waals surface area contributed by atoms with Gasteiger partial charge < -0.3 is 46.9 Å². The number of nitrogens with two attached hydrogens (primary N) is 1. The Hall–Kier alpha value is -6.29. The van der Waals surface area contributed by atoms with Gasteiger partial charge in [0.15, 0.2) is 5.78 Å². The molecule has 4 aromatic carbocycles. The van der Waals surface area contributed by atoms with Gasteiger partial charge in [0.1, 0.15) is 42.3 Å². The van der Waals surface area contributed by atoms with E-state index in [9.17, 15) is 39.0 Å². The van der Waals surface area contributed by atoms with Crippen LogP contribution in [-0.2, 0) is 30.4 Å². The van der Waals surface area contributed by atoms with Gasteiger partial charge in [-0.2, -0.15) is 0 Å². The fraction of sp³-hybridized carbons (Fsp3) is 0.348. The van der Waals surface area contributed by atoms with Crippen LogP contribution in [0.4, 0.5) is 0 Å². The number of ketones is 1. The minimum atomic E-state index is -1.42. The van der Waals surface area contributed by atoms with Gasteiger partial charge in [-0.15, -0.1) is 0 Å². The molecule has 0 aliphatic carbocycles. The van der Waals surface area contributed by atoms with Crippen LogP contribution in [0.5, 0.6) is 11.5 Å². The molecule has 5 atom stereocenters. The van der Waals surface area contributed by atoms with E-state index in [1.165, 1.54) is 50.9 Å². The molecule has 15 nitrogen and oxygen atoms in total. The highest BCUT2D eigenvalue weighted by molar-refractivity contribution is 6.30. The summed E-state index contributed by atoms with van der Waals surface area (Å²) in [5.74, 6) is -3.55. The third-order valence-corrected chi connectivity index (χ3v) is 10.9. The predicted octanol–water partition coefficient (Wildman–Crippen LogP) is 3.82. The van der Waals surface area contributed by atoms with Crippen LogP contribution >= 0.6 is 11.6 Å². The van der Waals surface area contributed by atoms with E-state index < -0.39 is 59.7 Å². The predicted molar refractivity (Wildman–Crippen MR) is 234 cm³/mol. The number of phenolic OH excluding ortho intramolecular Hbond substituents is 1. The smallest absolute Gasteiger partial charge is 0.251 e. The van der Waals surface area contributed by atoms with E-state index in [0.717, 1.165) is 11.1 Å². The van der Waals surface area contributed by atoms with E-state index in [1.54, 1.807) is 54.6 Å². The number of rotatable bonds is 15. The fourth-order valence-electron chi connectivity index (χ4n) is 7.02. The topological polar surface area (TPSA) is 229 Å². The monoisotopic (exact) mass is 868 g/mol. The van der Waals surface area contributed by atoms with Gasteiger partial charge in [-0.1, -0.05) is 48.0 Å². The van der Waals surface area contributed by atoms with Crippen molar-refractivity contribution >= 4 is 46.9 Å². The average molecular weight is 869 g/mol. The quantitative estimate of drug-likeness (QED) is 0.0855. The van der Waals surface area contributed by atoms with Crippen LogP contribution < -0.4 is 31.7 Å². The lowest BCUT2D eigenvalue weighted by molar-refractivity contribution is -0.141. The van der Waals surface area contributed by atoms with Gasteiger partial charge in [0.05, 0.1) is 12.6 Å². The fourth-order valence-corrected chi connectivity index (χ4v) is 7.15. The Bertz CT molecular complexity index is 2270. The first kappa shape index (κ1) is 46.8. The number of halogens is 1. The molecule has 62 heavy (non-hydrogen) atoms. The number of ether oxygens (including phenoxy) is 1. The summed E-state index contributed by atoms with van der Waals surface area (Å²) >= 11 is 6.05. The third-order valence-electron chi connectivity index (χ3n) is 10.7. The van der Waals surface area contributed by atoms with Crippen molar-refractivity contribution in [1.29, 1.82) is 0 Å². The molecule has 1 aliphatic rings. The highest BCUT2D eigenvalue weighted by atomic mass is 35.5. The lowest BCUT2D eigenvalue weighted by Crippen LogP contribution is -2.56. The average Bonchev–Trinajstić information content (AvgIpc) is 3.25. The highest BCUT2D eigenvalue weighted by Gasteiger charge is 2.36. The number of aliphatic hydroxyl groups is 1. The molecule has 328 valence electrons. The minimum Gasteiger partial charge on any atom is -0.507 e. The van der Waals surface area contributed by atoms with Crippen molar-refractivity contribution in [2.24, 2.45) is 5.73 Å². The molecule has 0 aromatic heterocycles. The molecule has 0 radical (unpaired) electrons. The van der Waals surface area contributed by atoms with Crippen LogP contribution in [0.3, 0.4) is 0 Å². The SMILES string of the molecule is CC(=O)[C@H](C)NC(=O)[C@@H]1Cc2ccc(OCCO)c(c2)-c2cc(ccc2O)[C@H](N(C)C(=O)[C@H](CCCCN)NC(=O)c2ccc(-c3ccc(Cl)cc3)cc2)C(=O)N[C@@H](C)C(=O)N1. The first-order valence-corrected chi connectivity index (χ1v) is 20.7. The van der Waals surface area contributed by atoms with Crippen LogP contribution in [0, 0.1) is 0 Å². The van der Waals surface area contributed by atoms with E-state index in [2.05, 4.69) is 21.3 Å². The molecule has 0 saturated carbocycles. The number of phenols is 1. The van der Waals surface area contributed by atoms with Gasteiger partial charge in [0, 0.05) is 35.2 Å². The van der Waals surface area contributed by atoms with Crippen LogP contribution in [-0.4, -0.2) is 101 Å². The Morgan fingerprint density at radius 1 is 0.903 bits per heavy atom. The van der Waals surface area contributed by atoms with Crippen molar-refractivity contribution < 1.29 is 43.7 Å². The first-order chi connectivity index (χ1) is 29.6. The van der Waals surface area contributed by atoms with Crippen LogP contribution in [0.1, 0.15) is 67.6 Å². The summed E-state index contributed by atoms with van der Waals surface area (Å²) in [5, 5.41) is 32.3. The lowest BCUT2D eigenvalue weighted by Gasteiger charge is -2.32. The van der Waals surface area contributed by atoms with Crippen molar-refractivity contribution in [2.75, 3.05) is 26.8 Å². The molecule has 1 aliphatic heterocycles. The zero-order chi connectivity index (χ0) is 45.1. The largest absolute Gasteiger partial charge is 0.507 e. The number of nitrogens with one attached hydrogen (secondary N) is 4. The van der Waals surface area contributed by atoms with Gasteiger partial charge in [0.25, 0.3) is 5.91 Å². The van der Waals surface area contributed by atoms with Gasteiger partial charge in [-0.25, -0.2) is 0 Å². The molecule has 0 spiro atoms. The molecular formula is C46H53ClN6O9. The van der Waals surface area contributed by atoms with Crippen LogP contribution in [0.15, 0.2) is 84.9 Å². The van der Waals surface area contributed by atoms with E-state index in [1.807, 2.05) is 12.1 Å². The maximum Gasteiger partial charge on any atom is 0.251 e. The van der Waals surface area contributed by atoms with Crippen molar-refractivity contribution in [2.45, 2.75) is 76.7 Å². The summed E-state index contributed by atoms with van der Waals surface area (Å²) < 4.78 is 5.84. The van der Waals surface area contributed by atoms with E-state index >= 15 is 0 Å². The summed E-state index contributed by atoms with van der Waals surface area (Å²) in [6, 6.07) is 17.6. The van der Waals surface area contributed by atoms with Crippen molar-refractivity contribution in [3.8, 4) is 33.8 Å². The lowest BCUT2D eigenvalue weighted by atomic mass is 9.93. The summed E-state index contributed by atoms with van der Waals surface area (Å²) in [5.41, 5.74) is 9.14. The zero-order valence-electron chi connectivity index (χ0n) is 35.1. The molecule has 4 bridgehead atoms. The highest BCUT2D eigenvalue weighted by Crippen LogP contribution is 2.39. The Balaban J connectivity index is 1.54. The molecule has 5 rings (SSSR count). The first-order valence-electron chi connectivity index (χ1n) is 20.4. The number of amides is 5. The minimum absolute atomic E-state index is 0.0553. The maximum absolute atomic E-state index is 14.6. The van der Waals surface area contributed by atoms with Gasteiger partial charge in [-0.3, -0.25) is 28.8 Å². The number of benzene rings is 4. The number of aromatic hydroxyl groups is 1. The molecule has 16 heteroatoms. The Morgan fingerprint density at radius 3 is 2.23 bits per heavy atom. The second kappa shape index (κ2) is 21.5. The number of fused-ring (bicyclic) bond motifs is 5. The number of Topliss-reactive ketones (excluding diaryl/α,β-unsaturated/α-hetero) is 1. The molecule has 8 N–H and O–H groups in total. The Labute approximate surface area is 365 Å². The Morgan fingerprint density at radius 2 is 1.58 bits per heavy atom. The number of carbonyl (C=O) groups excluding carboxylic acids is 6. The number of aliphatic hydroxyl groups excluding tert-OH is 1. The normalized spacial score (nSPS) is 17.3. The number of nitrogens with zero attached hydrogens (tertiary/aromatic N) is 1. The number of unbranched alkanes of at least 4 members (excludes halogenated alkanes) is 1. The molecule has 5 amide bonds. The van der Waals surface area contributed by atoms with E-state index in [4.69, 9.17) is 22.1 Å². The molecule has 4 aromatic rings. The zero-order valence-corrected chi connectivity index (χ0v) is 35.8. The van der Waals surface area contributed by atoms with Gasteiger partial charge >= 0.3 is 0 Å². The molecule has 0 fully saturated rings. The van der Waals surface area contributed by atoms with Crippen LogP contribution in [0.2, 0.25) is 5.02 Å². The van der Waals surface area contributed by atoms with E-state index in [0.29, 0.717) is 41.1 Å². The molecular weight excluding hydrogens is 816 g/mol. The van der Waals surface area contributed by atoms with Crippen LogP contribution in [0.25, 0.3) is 22.3 Å². The summed E-state index contributed by atoms with van der Waals surface area (Å²) in [6.07, 6.45) is 1.16. The summed E-state index contributed by atoms with van der Waals surface area (Å²) in [7, 11) is 1.41. The molecule has 1 heterocycles. The maximum atomic E-state index is 14.6. The second-order valence-corrected chi connectivity index (χ2v) is 15.7. The Kier molecular flexibility index (Phi) is 16.2. The number of carbonyl (C=O) groups is 6. The number of hydrogen-bond acceptors (Lipinski definition) is 10. The third kappa shape index (κ3) is 11.7. The van der Waals surface area contributed by atoms with E-state index in [-0.39, 0.29) is 54.5 Å². The number of hydrogen-bond donors (Lipinski definition) is 7. The van der Waals surface area contributed by atoms with Gasteiger partial charge in [0.2, 0.25) is 23.6 Å². The molecule has 0 saturated heterocycles. The molecule has 0 unspecified atom stereocenters. The number of likely N-dealkylation sites (N-methyl/N-ethyl adjacent to an activating group) is 1. The van der Waals surface area contributed by atoms with Crippen molar-refractivity contribution in [3.63, 3.8) is 0 Å². The standard InChI is InChI=1S/C46H53ClN6O9/c1-26(28(3)55)49-44(59)38-24-29-8-19-40(62-22-21-54)36(23-29)35-25-33(15-18-39(35)56)41(45(60)50-27(2)42(57)52-38)53(4)46(61)37(7-5-6-20-48)51-43(58)32-11-9-30(10-12-32)31-13-16-34(47)17-14-31/h8-19,23,25-27,37-38,41,54,56H,5-7,20-22,24,48H2,1-4H3,(H,49,59)(H,50,60)(H,51,58)(H,52,57)/t26-,27-,37-,38-,41-/m0/s1. The van der Waals surface area contributed by atoms with Crippen molar-refractivity contribution in [1.82, 2.24) is 26.2 Å².